The molecule has 0 spiro atoms. The minimum atomic E-state index is -0.0171. The van der Waals surface area contributed by atoms with E-state index in [2.05, 4.69) is 15.9 Å². The van der Waals surface area contributed by atoms with E-state index < -0.39 is 0 Å². The molecule has 2 nitrogen and oxygen atoms in total. The first-order chi connectivity index (χ1) is 4.33. The van der Waals surface area contributed by atoms with Crippen LogP contribution in [0.4, 0.5) is 0 Å². The van der Waals surface area contributed by atoms with Crippen molar-refractivity contribution in [3.8, 4) is 0 Å². The zero-order valence-electron chi connectivity index (χ0n) is 4.80. The number of rotatable bonds is 1. The molecule has 1 heterocycles. The Kier molecular flexibility index (Phi) is 2.30. The minimum Gasteiger partial charge on any atom is -0.490 e. The molecule has 0 fully saturated rings. The zero-order chi connectivity index (χ0) is 6.69. The summed E-state index contributed by atoms with van der Waals surface area (Å²) in [5.41, 5.74) is 0. The van der Waals surface area contributed by atoms with Gasteiger partial charge in [-0.25, -0.2) is 0 Å². The van der Waals surface area contributed by atoms with Gasteiger partial charge in [-0.1, -0.05) is 15.9 Å². The molecule has 0 saturated carbocycles. The Morgan fingerprint density at radius 3 is 2.89 bits per heavy atom. The molecule has 0 aromatic carbocycles. The number of aliphatic hydroxyl groups excluding tert-OH is 1. The average molecular weight is 191 g/mol. The van der Waals surface area contributed by atoms with Crippen LogP contribution < -0.4 is 0 Å². The van der Waals surface area contributed by atoms with E-state index in [4.69, 9.17) is 9.84 Å². The summed E-state index contributed by atoms with van der Waals surface area (Å²) in [6, 6.07) is 0. The Hall–Kier alpha value is -0.280. The van der Waals surface area contributed by atoms with E-state index in [1.165, 1.54) is 0 Å². The molecule has 9 heavy (non-hydrogen) atoms. The second-order valence-corrected chi connectivity index (χ2v) is 2.71. The Balaban J connectivity index is 2.59. The van der Waals surface area contributed by atoms with Gasteiger partial charge in [-0.05, 0) is 12.2 Å². The van der Waals surface area contributed by atoms with Crippen molar-refractivity contribution in [3.05, 3.63) is 22.4 Å². The number of halogens is 1. The van der Waals surface area contributed by atoms with Crippen LogP contribution >= 0.6 is 15.9 Å². The highest BCUT2D eigenvalue weighted by Gasteiger charge is 2.01. The summed E-state index contributed by atoms with van der Waals surface area (Å²) in [5.74, 6) is 0.623. The number of ether oxygens (including phenoxy) is 1. The lowest BCUT2D eigenvalue weighted by Gasteiger charge is -2.10. The molecule has 1 rings (SSSR count). The molecule has 0 aliphatic carbocycles. The van der Waals surface area contributed by atoms with Crippen LogP contribution in [0.5, 0.6) is 0 Å². The summed E-state index contributed by atoms with van der Waals surface area (Å²) in [6.07, 6.45) is 3.61. The van der Waals surface area contributed by atoms with Gasteiger partial charge in [0.1, 0.15) is 19.0 Å². The van der Waals surface area contributed by atoms with Crippen LogP contribution in [-0.4, -0.2) is 18.3 Å². The highest BCUT2D eigenvalue weighted by molar-refractivity contribution is 9.11. The molecule has 0 radical (unpaired) electrons. The molecule has 0 bridgehead atoms. The summed E-state index contributed by atoms with van der Waals surface area (Å²) in [7, 11) is 0. The maximum atomic E-state index is 8.54. The van der Waals surface area contributed by atoms with Crippen molar-refractivity contribution in [1.29, 1.82) is 0 Å². The third-order valence-corrected chi connectivity index (χ3v) is 1.49. The third kappa shape index (κ3) is 1.84. The monoisotopic (exact) mass is 190 g/mol. The molecule has 0 aromatic heterocycles. The second-order valence-electron chi connectivity index (χ2n) is 1.69. The predicted molar refractivity (Wildman–Crippen MR) is 38.1 cm³/mol. The van der Waals surface area contributed by atoms with Gasteiger partial charge in [0.2, 0.25) is 0 Å². The summed E-state index contributed by atoms with van der Waals surface area (Å²) in [4.78, 5) is 0. The molecular weight excluding hydrogens is 184 g/mol. The van der Waals surface area contributed by atoms with Crippen molar-refractivity contribution >= 4 is 15.9 Å². The maximum absolute atomic E-state index is 8.54. The Bertz CT molecular complexity index is 160. The smallest absolute Gasteiger partial charge is 0.122 e. The fraction of sp³-hybridized carbons (Fsp3) is 0.333. The van der Waals surface area contributed by atoms with Gasteiger partial charge in [-0.15, -0.1) is 0 Å². The van der Waals surface area contributed by atoms with Gasteiger partial charge in [0.05, 0.1) is 0 Å². The van der Waals surface area contributed by atoms with Crippen LogP contribution in [-0.2, 0) is 4.74 Å². The summed E-state index contributed by atoms with van der Waals surface area (Å²) in [6.45, 7) is 0.517. The normalized spacial score (nSPS) is 18.0. The van der Waals surface area contributed by atoms with Crippen LogP contribution in [0.3, 0.4) is 0 Å². The standard InChI is InChI=1S/C6H7BrO2/c7-5-1-2-6(3-8)9-4-5/h1-2,8H,3-4H2. The van der Waals surface area contributed by atoms with Crippen LogP contribution in [0, 0.1) is 0 Å². The van der Waals surface area contributed by atoms with Crippen molar-refractivity contribution in [3.63, 3.8) is 0 Å². The summed E-state index contributed by atoms with van der Waals surface area (Å²) >= 11 is 3.25. The fourth-order valence-corrected chi connectivity index (χ4v) is 0.786. The summed E-state index contributed by atoms with van der Waals surface area (Å²) < 4.78 is 6.04. The van der Waals surface area contributed by atoms with Crippen molar-refractivity contribution in [1.82, 2.24) is 0 Å². The highest BCUT2D eigenvalue weighted by Crippen LogP contribution is 2.13. The minimum absolute atomic E-state index is 0.0171. The number of hydrogen-bond donors (Lipinski definition) is 1. The lowest BCUT2D eigenvalue weighted by atomic mass is 10.3. The van der Waals surface area contributed by atoms with Gasteiger partial charge in [0.15, 0.2) is 0 Å². The molecule has 1 N–H and O–H groups in total. The van der Waals surface area contributed by atoms with E-state index in [0.29, 0.717) is 12.4 Å². The summed E-state index contributed by atoms with van der Waals surface area (Å²) in [5, 5.41) is 8.54. The van der Waals surface area contributed by atoms with Gasteiger partial charge in [0.25, 0.3) is 0 Å². The Morgan fingerprint density at radius 2 is 2.44 bits per heavy atom. The molecule has 0 atom stereocenters. The Labute approximate surface area is 62.0 Å². The molecular formula is C6H7BrO2. The van der Waals surface area contributed by atoms with E-state index >= 15 is 0 Å². The first-order valence-electron chi connectivity index (χ1n) is 2.62. The number of hydrogen-bond acceptors (Lipinski definition) is 2. The van der Waals surface area contributed by atoms with Crippen LogP contribution in [0.15, 0.2) is 22.4 Å². The highest BCUT2D eigenvalue weighted by atomic mass is 79.9. The molecule has 0 aromatic rings. The van der Waals surface area contributed by atoms with Gasteiger partial charge < -0.3 is 9.84 Å². The molecule has 1 aliphatic heterocycles. The van der Waals surface area contributed by atoms with E-state index in [0.717, 1.165) is 4.48 Å². The fourth-order valence-electron chi connectivity index (χ4n) is 0.540. The topological polar surface area (TPSA) is 29.5 Å². The van der Waals surface area contributed by atoms with Gasteiger partial charge in [-0.3, -0.25) is 0 Å². The Morgan fingerprint density at radius 1 is 1.67 bits per heavy atom. The lowest BCUT2D eigenvalue weighted by molar-refractivity contribution is 0.178. The number of aliphatic hydroxyl groups is 1. The molecule has 1 aliphatic rings. The average Bonchev–Trinajstić information content (AvgIpc) is 1.90. The van der Waals surface area contributed by atoms with E-state index in [1.807, 2.05) is 6.08 Å². The van der Waals surface area contributed by atoms with Crippen molar-refractivity contribution in [2.24, 2.45) is 0 Å². The predicted octanol–water partition coefficient (Wildman–Crippen LogP) is 1.17. The van der Waals surface area contributed by atoms with Crippen molar-refractivity contribution in [2.45, 2.75) is 0 Å². The number of allylic oxidation sites excluding steroid dienone is 2. The van der Waals surface area contributed by atoms with Gasteiger partial charge in [0, 0.05) is 4.48 Å². The molecule has 3 heteroatoms. The molecule has 0 unspecified atom stereocenters. The third-order valence-electron chi connectivity index (χ3n) is 1.00. The quantitative estimate of drug-likeness (QED) is 0.674. The molecule has 0 amide bonds. The SMILES string of the molecule is OCC1=CC=C(Br)CO1. The second kappa shape index (κ2) is 3.03. The van der Waals surface area contributed by atoms with E-state index in [9.17, 15) is 0 Å². The first-order valence-corrected chi connectivity index (χ1v) is 3.41. The van der Waals surface area contributed by atoms with Crippen LogP contribution in [0.25, 0.3) is 0 Å². The van der Waals surface area contributed by atoms with E-state index in [1.54, 1.807) is 6.08 Å². The van der Waals surface area contributed by atoms with Crippen molar-refractivity contribution in [2.75, 3.05) is 13.2 Å². The maximum Gasteiger partial charge on any atom is 0.122 e. The van der Waals surface area contributed by atoms with Crippen molar-refractivity contribution < 1.29 is 9.84 Å². The molecule has 0 saturated heterocycles. The van der Waals surface area contributed by atoms with Crippen LogP contribution in [0.1, 0.15) is 0 Å². The largest absolute Gasteiger partial charge is 0.490 e. The zero-order valence-corrected chi connectivity index (χ0v) is 6.39. The molecule has 50 valence electrons. The lowest BCUT2D eigenvalue weighted by Crippen LogP contribution is -2.02. The van der Waals surface area contributed by atoms with Crippen LogP contribution in [0.2, 0.25) is 0 Å². The first kappa shape index (κ1) is 6.83. The van der Waals surface area contributed by atoms with Gasteiger partial charge >= 0.3 is 0 Å². The van der Waals surface area contributed by atoms with E-state index in [-0.39, 0.29) is 6.61 Å². The van der Waals surface area contributed by atoms with Gasteiger partial charge in [-0.2, -0.15) is 0 Å².